The molecular weight excluding hydrogens is 310 g/mol. The Morgan fingerprint density at radius 3 is 3.16 bits per heavy atom. The maximum absolute atomic E-state index is 12.0. The average molecular weight is 328 g/mol. The zero-order chi connectivity index (χ0) is 13.7. The zero-order valence-corrected chi connectivity index (χ0v) is 12.5. The summed E-state index contributed by atoms with van der Waals surface area (Å²) in [5, 5.41) is 2.85. The lowest BCUT2D eigenvalue weighted by atomic mass is 10.2. The SMILES string of the molecule is CCNC(=O)C1COCCN1Cc1ccc(Br)cn1. The van der Waals surface area contributed by atoms with Gasteiger partial charge in [-0.05, 0) is 35.0 Å². The van der Waals surface area contributed by atoms with Gasteiger partial charge in [0.15, 0.2) is 0 Å². The summed E-state index contributed by atoms with van der Waals surface area (Å²) in [6, 6.07) is 3.71. The van der Waals surface area contributed by atoms with Crippen molar-refractivity contribution in [1.29, 1.82) is 0 Å². The van der Waals surface area contributed by atoms with E-state index in [1.54, 1.807) is 6.20 Å². The van der Waals surface area contributed by atoms with Crippen LogP contribution in [0, 0.1) is 0 Å². The fourth-order valence-corrected chi connectivity index (χ4v) is 2.30. The molecule has 1 atom stereocenters. The highest BCUT2D eigenvalue weighted by molar-refractivity contribution is 9.10. The van der Waals surface area contributed by atoms with E-state index in [9.17, 15) is 4.79 Å². The molecule has 1 amide bonds. The van der Waals surface area contributed by atoms with Crippen molar-refractivity contribution in [1.82, 2.24) is 15.2 Å². The minimum Gasteiger partial charge on any atom is -0.378 e. The second-order valence-electron chi connectivity index (χ2n) is 4.42. The molecule has 1 aliphatic heterocycles. The maximum atomic E-state index is 12.0. The first-order valence-electron chi connectivity index (χ1n) is 6.40. The monoisotopic (exact) mass is 327 g/mol. The highest BCUT2D eigenvalue weighted by Gasteiger charge is 2.29. The molecule has 0 spiro atoms. The molecule has 0 aliphatic carbocycles. The number of aromatic nitrogens is 1. The summed E-state index contributed by atoms with van der Waals surface area (Å²) < 4.78 is 6.36. The van der Waals surface area contributed by atoms with Gasteiger partial charge in [0.2, 0.25) is 5.91 Å². The van der Waals surface area contributed by atoms with E-state index in [4.69, 9.17) is 4.74 Å². The number of halogens is 1. The Hall–Kier alpha value is -0.980. The fourth-order valence-electron chi connectivity index (χ4n) is 2.07. The minimum atomic E-state index is -0.223. The number of pyridine rings is 1. The van der Waals surface area contributed by atoms with Crippen molar-refractivity contribution >= 4 is 21.8 Å². The van der Waals surface area contributed by atoms with Gasteiger partial charge in [0.05, 0.1) is 18.9 Å². The van der Waals surface area contributed by atoms with Gasteiger partial charge in [-0.1, -0.05) is 0 Å². The molecule has 1 N–H and O–H groups in total. The summed E-state index contributed by atoms with van der Waals surface area (Å²) in [7, 11) is 0. The predicted molar refractivity (Wildman–Crippen MR) is 75.6 cm³/mol. The molecule has 1 aliphatic rings. The topological polar surface area (TPSA) is 54.5 Å². The molecule has 104 valence electrons. The Kier molecular flexibility index (Phi) is 5.30. The molecule has 6 heteroatoms. The first-order chi connectivity index (χ1) is 9.20. The molecule has 1 saturated heterocycles. The Morgan fingerprint density at radius 2 is 2.47 bits per heavy atom. The fraction of sp³-hybridized carbons (Fsp3) is 0.538. The predicted octanol–water partition coefficient (Wildman–Crippen LogP) is 1.18. The van der Waals surface area contributed by atoms with Crippen LogP contribution in [0.1, 0.15) is 12.6 Å². The van der Waals surface area contributed by atoms with Crippen LogP contribution < -0.4 is 5.32 Å². The lowest BCUT2D eigenvalue weighted by Crippen LogP contribution is -2.53. The van der Waals surface area contributed by atoms with Crippen LogP contribution in [0.4, 0.5) is 0 Å². The highest BCUT2D eigenvalue weighted by atomic mass is 79.9. The van der Waals surface area contributed by atoms with Gasteiger partial charge in [-0.25, -0.2) is 0 Å². The summed E-state index contributed by atoms with van der Waals surface area (Å²) in [5.74, 6) is 0.0271. The number of rotatable bonds is 4. The molecule has 5 nitrogen and oxygen atoms in total. The molecule has 1 aromatic rings. The highest BCUT2D eigenvalue weighted by Crippen LogP contribution is 2.13. The Bertz CT molecular complexity index is 424. The number of ether oxygens (including phenoxy) is 1. The Labute approximate surface area is 121 Å². The molecule has 0 radical (unpaired) electrons. The van der Waals surface area contributed by atoms with E-state index in [2.05, 4.69) is 31.1 Å². The number of hydrogen-bond donors (Lipinski definition) is 1. The summed E-state index contributed by atoms with van der Waals surface area (Å²) in [6.45, 7) is 5.08. The van der Waals surface area contributed by atoms with Crippen LogP contribution in [0.15, 0.2) is 22.8 Å². The molecular formula is C13H18BrN3O2. The number of carbonyl (C=O) groups is 1. The maximum Gasteiger partial charge on any atom is 0.239 e. The van der Waals surface area contributed by atoms with Crippen molar-refractivity contribution in [3.63, 3.8) is 0 Å². The second-order valence-corrected chi connectivity index (χ2v) is 5.34. The second kappa shape index (κ2) is 6.98. The lowest BCUT2D eigenvalue weighted by Gasteiger charge is -2.34. The van der Waals surface area contributed by atoms with Gasteiger partial charge in [0.25, 0.3) is 0 Å². The number of nitrogens with one attached hydrogen (secondary N) is 1. The number of morpholine rings is 1. The Balaban J connectivity index is 2.03. The van der Waals surface area contributed by atoms with Crippen LogP contribution >= 0.6 is 15.9 Å². The van der Waals surface area contributed by atoms with Gasteiger partial charge in [-0.2, -0.15) is 0 Å². The summed E-state index contributed by atoms with van der Waals surface area (Å²) in [4.78, 5) is 18.5. The number of nitrogens with zero attached hydrogens (tertiary/aromatic N) is 2. The number of hydrogen-bond acceptors (Lipinski definition) is 4. The summed E-state index contributed by atoms with van der Waals surface area (Å²) >= 11 is 3.37. The van der Waals surface area contributed by atoms with Gasteiger partial charge < -0.3 is 10.1 Å². The summed E-state index contributed by atoms with van der Waals surface area (Å²) in [6.07, 6.45) is 1.77. The zero-order valence-electron chi connectivity index (χ0n) is 10.9. The smallest absolute Gasteiger partial charge is 0.239 e. The quantitative estimate of drug-likeness (QED) is 0.902. The van der Waals surface area contributed by atoms with Crippen LogP contribution in [-0.4, -0.2) is 48.1 Å². The molecule has 0 bridgehead atoms. The lowest BCUT2D eigenvalue weighted by molar-refractivity contribution is -0.132. The van der Waals surface area contributed by atoms with E-state index in [1.165, 1.54) is 0 Å². The normalized spacial score (nSPS) is 20.2. The number of carbonyl (C=O) groups excluding carboxylic acids is 1. The largest absolute Gasteiger partial charge is 0.378 e. The molecule has 2 rings (SSSR count). The minimum absolute atomic E-state index is 0.0271. The van der Waals surface area contributed by atoms with Gasteiger partial charge in [0.1, 0.15) is 6.04 Å². The van der Waals surface area contributed by atoms with Crippen molar-refractivity contribution in [2.75, 3.05) is 26.3 Å². The van der Waals surface area contributed by atoms with Crippen molar-refractivity contribution < 1.29 is 9.53 Å². The third kappa shape index (κ3) is 3.99. The average Bonchev–Trinajstić information content (AvgIpc) is 2.42. The summed E-state index contributed by atoms with van der Waals surface area (Å²) in [5.41, 5.74) is 0.958. The molecule has 1 fully saturated rings. The molecule has 2 heterocycles. The van der Waals surface area contributed by atoms with E-state index in [0.29, 0.717) is 26.3 Å². The van der Waals surface area contributed by atoms with E-state index in [1.807, 2.05) is 19.1 Å². The first kappa shape index (κ1) is 14.4. The van der Waals surface area contributed by atoms with Crippen LogP contribution in [0.5, 0.6) is 0 Å². The van der Waals surface area contributed by atoms with Crippen molar-refractivity contribution in [2.45, 2.75) is 19.5 Å². The molecule has 1 aromatic heterocycles. The van der Waals surface area contributed by atoms with E-state index >= 15 is 0 Å². The van der Waals surface area contributed by atoms with Gasteiger partial charge in [0, 0.05) is 30.3 Å². The van der Waals surface area contributed by atoms with Gasteiger partial charge in [-0.3, -0.25) is 14.7 Å². The van der Waals surface area contributed by atoms with E-state index < -0.39 is 0 Å². The van der Waals surface area contributed by atoms with Gasteiger partial charge >= 0.3 is 0 Å². The van der Waals surface area contributed by atoms with Crippen LogP contribution in [0.2, 0.25) is 0 Å². The third-order valence-corrected chi connectivity index (χ3v) is 3.52. The van der Waals surface area contributed by atoms with Crippen LogP contribution in [0.25, 0.3) is 0 Å². The van der Waals surface area contributed by atoms with Crippen molar-refractivity contribution in [3.05, 3.63) is 28.5 Å². The third-order valence-electron chi connectivity index (χ3n) is 3.05. The Morgan fingerprint density at radius 1 is 1.63 bits per heavy atom. The standard InChI is InChI=1S/C13H18BrN3O2/c1-2-15-13(18)12-9-19-6-5-17(12)8-11-4-3-10(14)7-16-11/h3-4,7,12H,2,5-6,8-9H2,1H3,(H,15,18). The molecule has 1 unspecified atom stereocenters. The van der Waals surface area contributed by atoms with E-state index in [-0.39, 0.29) is 11.9 Å². The molecule has 0 saturated carbocycles. The number of likely N-dealkylation sites (N-methyl/N-ethyl adjacent to an activating group) is 1. The number of amides is 1. The van der Waals surface area contributed by atoms with Crippen molar-refractivity contribution in [3.8, 4) is 0 Å². The van der Waals surface area contributed by atoms with Crippen LogP contribution in [-0.2, 0) is 16.1 Å². The first-order valence-corrected chi connectivity index (χ1v) is 7.20. The molecule has 0 aromatic carbocycles. The molecule has 19 heavy (non-hydrogen) atoms. The van der Waals surface area contributed by atoms with Crippen LogP contribution in [0.3, 0.4) is 0 Å². The van der Waals surface area contributed by atoms with E-state index in [0.717, 1.165) is 16.7 Å². The van der Waals surface area contributed by atoms with Crippen molar-refractivity contribution in [2.24, 2.45) is 0 Å². The van der Waals surface area contributed by atoms with Gasteiger partial charge in [-0.15, -0.1) is 0 Å².